The second-order valence-electron chi connectivity index (χ2n) is 5.71. The molecule has 3 heteroatoms. The van der Waals surface area contributed by atoms with Crippen molar-refractivity contribution in [3.8, 4) is 0 Å². The van der Waals surface area contributed by atoms with E-state index >= 15 is 0 Å². The molecule has 0 saturated heterocycles. The standard InChI is InChI=1S/C16H23BrFN/c17-15-11-14(18)9-8-13(15)10-16(19)12-6-4-2-1-3-5-7-12/h8-9,11-12,16H,1-7,10,19H2. The molecule has 2 N–H and O–H groups in total. The molecule has 0 spiro atoms. The molecule has 1 fully saturated rings. The Morgan fingerprint density at radius 3 is 2.42 bits per heavy atom. The van der Waals surface area contributed by atoms with Crippen molar-refractivity contribution >= 4 is 15.9 Å². The summed E-state index contributed by atoms with van der Waals surface area (Å²) in [5.41, 5.74) is 7.51. The highest BCUT2D eigenvalue weighted by Crippen LogP contribution is 2.27. The molecule has 1 aliphatic carbocycles. The minimum atomic E-state index is -0.199. The normalized spacial score (nSPS) is 19.7. The van der Waals surface area contributed by atoms with E-state index in [4.69, 9.17) is 5.73 Å². The zero-order valence-corrected chi connectivity index (χ0v) is 13.0. The van der Waals surface area contributed by atoms with Gasteiger partial charge in [-0.2, -0.15) is 0 Å². The molecular weight excluding hydrogens is 305 g/mol. The van der Waals surface area contributed by atoms with Crippen molar-refractivity contribution in [2.45, 2.75) is 57.4 Å². The fourth-order valence-electron chi connectivity index (χ4n) is 3.02. The number of halogens is 2. The summed E-state index contributed by atoms with van der Waals surface area (Å²) in [5.74, 6) is 0.424. The van der Waals surface area contributed by atoms with Crippen molar-refractivity contribution in [3.63, 3.8) is 0 Å². The summed E-state index contributed by atoms with van der Waals surface area (Å²) in [6, 6.07) is 5.09. The monoisotopic (exact) mass is 327 g/mol. The Hall–Kier alpha value is -0.410. The summed E-state index contributed by atoms with van der Waals surface area (Å²) in [5, 5.41) is 0. The van der Waals surface area contributed by atoms with Gasteiger partial charge in [-0.05, 0) is 42.9 Å². The lowest BCUT2D eigenvalue weighted by Gasteiger charge is -2.26. The van der Waals surface area contributed by atoms with E-state index < -0.39 is 0 Å². The van der Waals surface area contributed by atoms with E-state index in [0.29, 0.717) is 5.92 Å². The molecule has 1 unspecified atom stereocenters. The Morgan fingerprint density at radius 2 is 1.79 bits per heavy atom. The maximum absolute atomic E-state index is 13.1. The van der Waals surface area contributed by atoms with Crippen molar-refractivity contribution in [3.05, 3.63) is 34.1 Å². The predicted molar refractivity (Wildman–Crippen MR) is 81.6 cm³/mol. The fraction of sp³-hybridized carbons (Fsp3) is 0.625. The van der Waals surface area contributed by atoms with Crippen molar-refractivity contribution in [2.24, 2.45) is 11.7 Å². The number of benzene rings is 1. The van der Waals surface area contributed by atoms with Crippen molar-refractivity contribution < 1.29 is 4.39 Å². The number of hydrogen-bond donors (Lipinski definition) is 1. The third kappa shape index (κ3) is 4.57. The zero-order chi connectivity index (χ0) is 13.7. The highest BCUT2D eigenvalue weighted by molar-refractivity contribution is 9.10. The van der Waals surface area contributed by atoms with Gasteiger partial charge in [-0.15, -0.1) is 0 Å². The Bertz CT molecular complexity index is 400. The molecule has 0 aliphatic heterocycles. The summed E-state index contributed by atoms with van der Waals surface area (Å²) in [6.45, 7) is 0. The van der Waals surface area contributed by atoms with Crippen molar-refractivity contribution in [1.82, 2.24) is 0 Å². The van der Waals surface area contributed by atoms with E-state index in [0.717, 1.165) is 16.5 Å². The van der Waals surface area contributed by atoms with Gasteiger partial charge in [0.05, 0.1) is 0 Å². The van der Waals surface area contributed by atoms with Crippen LogP contribution in [0.3, 0.4) is 0 Å². The van der Waals surface area contributed by atoms with Crippen LogP contribution < -0.4 is 5.73 Å². The smallest absolute Gasteiger partial charge is 0.124 e. The highest BCUT2D eigenvalue weighted by atomic mass is 79.9. The molecule has 1 aromatic rings. The Kier molecular flexibility index (Phi) is 5.83. The molecule has 1 aliphatic rings. The lowest BCUT2D eigenvalue weighted by molar-refractivity contribution is 0.322. The van der Waals surface area contributed by atoms with Crippen LogP contribution in [-0.4, -0.2) is 6.04 Å². The van der Waals surface area contributed by atoms with Crippen LogP contribution in [0.5, 0.6) is 0 Å². The molecular formula is C16H23BrFN. The maximum atomic E-state index is 13.1. The first-order valence-electron chi connectivity index (χ1n) is 7.36. The highest BCUT2D eigenvalue weighted by Gasteiger charge is 2.19. The Morgan fingerprint density at radius 1 is 1.16 bits per heavy atom. The molecule has 1 saturated carbocycles. The number of rotatable bonds is 3. The van der Waals surface area contributed by atoms with E-state index in [-0.39, 0.29) is 11.9 Å². The molecule has 1 nitrogen and oxygen atoms in total. The average molecular weight is 328 g/mol. The SMILES string of the molecule is NC(Cc1ccc(F)cc1Br)C1CCCCCCC1. The van der Waals surface area contributed by atoms with Crippen LogP contribution in [0.25, 0.3) is 0 Å². The van der Waals surface area contributed by atoms with Gasteiger partial charge < -0.3 is 5.73 Å². The quantitative estimate of drug-likeness (QED) is 0.846. The number of nitrogens with two attached hydrogens (primary N) is 1. The van der Waals surface area contributed by atoms with Gasteiger partial charge in [0.15, 0.2) is 0 Å². The Labute approximate surface area is 123 Å². The van der Waals surface area contributed by atoms with Gasteiger partial charge in [-0.1, -0.05) is 54.1 Å². The van der Waals surface area contributed by atoms with Gasteiger partial charge in [0.1, 0.15) is 5.82 Å². The molecule has 1 aromatic carbocycles. The Balaban J connectivity index is 1.96. The van der Waals surface area contributed by atoms with E-state index in [1.54, 1.807) is 0 Å². The van der Waals surface area contributed by atoms with Crippen LogP contribution >= 0.6 is 15.9 Å². The predicted octanol–water partition coefficient (Wildman–Crippen LogP) is 4.82. The van der Waals surface area contributed by atoms with Gasteiger partial charge >= 0.3 is 0 Å². The number of hydrogen-bond acceptors (Lipinski definition) is 1. The van der Waals surface area contributed by atoms with E-state index in [1.807, 2.05) is 6.07 Å². The third-order valence-electron chi connectivity index (χ3n) is 4.23. The summed E-state index contributed by atoms with van der Waals surface area (Å²) < 4.78 is 13.9. The minimum Gasteiger partial charge on any atom is -0.327 e. The van der Waals surface area contributed by atoms with Gasteiger partial charge in [-0.3, -0.25) is 0 Å². The molecule has 106 valence electrons. The van der Waals surface area contributed by atoms with Crippen LogP contribution in [0, 0.1) is 11.7 Å². The zero-order valence-electron chi connectivity index (χ0n) is 11.4. The molecule has 0 aromatic heterocycles. The first kappa shape index (κ1) is 15.0. The minimum absolute atomic E-state index is 0.194. The summed E-state index contributed by atoms with van der Waals surface area (Å²) in [7, 11) is 0. The fourth-order valence-corrected chi connectivity index (χ4v) is 3.54. The van der Waals surface area contributed by atoms with Crippen LogP contribution in [0.1, 0.15) is 50.5 Å². The second-order valence-corrected chi connectivity index (χ2v) is 6.56. The molecule has 1 atom stereocenters. The first-order valence-corrected chi connectivity index (χ1v) is 8.15. The van der Waals surface area contributed by atoms with Crippen LogP contribution in [0.4, 0.5) is 4.39 Å². The van der Waals surface area contributed by atoms with Gasteiger partial charge in [0.2, 0.25) is 0 Å². The van der Waals surface area contributed by atoms with Crippen molar-refractivity contribution in [2.75, 3.05) is 0 Å². The first-order chi connectivity index (χ1) is 9.16. The summed E-state index contributed by atoms with van der Waals surface area (Å²) in [6.07, 6.45) is 10.0. The van der Waals surface area contributed by atoms with Crippen LogP contribution in [-0.2, 0) is 6.42 Å². The van der Waals surface area contributed by atoms with Gasteiger partial charge in [0, 0.05) is 10.5 Å². The largest absolute Gasteiger partial charge is 0.327 e. The van der Waals surface area contributed by atoms with Crippen molar-refractivity contribution in [1.29, 1.82) is 0 Å². The topological polar surface area (TPSA) is 26.0 Å². The lowest BCUT2D eigenvalue weighted by atomic mass is 9.84. The molecule has 19 heavy (non-hydrogen) atoms. The maximum Gasteiger partial charge on any atom is 0.124 e. The molecule has 0 heterocycles. The molecule has 0 radical (unpaired) electrons. The third-order valence-corrected chi connectivity index (χ3v) is 4.96. The van der Waals surface area contributed by atoms with Crippen LogP contribution in [0.15, 0.2) is 22.7 Å². The molecule has 0 amide bonds. The van der Waals surface area contributed by atoms with Gasteiger partial charge in [0.25, 0.3) is 0 Å². The van der Waals surface area contributed by atoms with Crippen LogP contribution in [0.2, 0.25) is 0 Å². The van der Waals surface area contributed by atoms with E-state index in [2.05, 4.69) is 15.9 Å². The summed E-state index contributed by atoms with van der Waals surface area (Å²) >= 11 is 3.43. The second kappa shape index (κ2) is 7.39. The lowest BCUT2D eigenvalue weighted by Crippen LogP contribution is -2.33. The average Bonchev–Trinajstić information content (AvgIpc) is 2.32. The van der Waals surface area contributed by atoms with E-state index in [1.165, 1.54) is 57.1 Å². The summed E-state index contributed by atoms with van der Waals surface area (Å²) in [4.78, 5) is 0. The van der Waals surface area contributed by atoms with Gasteiger partial charge in [-0.25, -0.2) is 4.39 Å². The molecule has 2 rings (SSSR count). The molecule has 0 bridgehead atoms. The van der Waals surface area contributed by atoms with E-state index in [9.17, 15) is 4.39 Å².